The zero-order valence-corrected chi connectivity index (χ0v) is 17.0. The maximum atomic E-state index is 13.2. The van der Waals surface area contributed by atoms with E-state index in [-0.39, 0.29) is 18.0 Å². The molecule has 0 unspecified atom stereocenters. The normalized spacial score (nSPS) is 19.6. The molecule has 0 aliphatic carbocycles. The van der Waals surface area contributed by atoms with Crippen LogP contribution in [0, 0.1) is 5.92 Å². The lowest BCUT2D eigenvalue weighted by atomic mass is 10.1. The van der Waals surface area contributed by atoms with Gasteiger partial charge in [0.25, 0.3) is 0 Å². The predicted molar refractivity (Wildman–Crippen MR) is 108 cm³/mol. The van der Waals surface area contributed by atoms with E-state index in [0.717, 1.165) is 5.56 Å². The van der Waals surface area contributed by atoms with Gasteiger partial charge in [0.05, 0.1) is 23.2 Å². The molecule has 2 aromatic rings. The largest absolute Gasteiger partial charge is 0.468 e. The van der Waals surface area contributed by atoms with Crippen molar-refractivity contribution in [3.63, 3.8) is 0 Å². The summed E-state index contributed by atoms with van der Waals surface area (Å²) in [5.41, 5.74) is 1.04. The molecule has 7 nitrogen and oxygen atoms in total. The molecular weight excluding hydrogens is 392 g/mol. The summed E-state index contributed by atoms with van der Waals surface area (Å²) in [7, 11) is -2.49. The molecule has 1 N–H and O–H groups in total. The second kappa shape index (κ2) is 9.19. The van der Waals surface area contributed by atoms with E-state index in [0.29, 0.717) is 13.1 Å². The second-order valence-electron chi connectivity index (χ2n) is 6.98. The van der Waals surface area contributed by atoms with E-state index in [2.05, 4.69) is 10.1 Å². The highest BCUT2D eigenvalue weighted by molar-refractivity contribution is 7.92. The highest BCUT2D eigenvalue weighted by Gasteiger charge is 2.45. The third-order valence-electron chi connectivity index (χ3n) is 5.03. The van der Waals surface area contributed by atoms with Gasteiger partial charge in [-0.05, 0) is 17.7 Å². The van der Waals surface area contributed by atoms with Crippen LogP contribution in [0.4, 0.5) is 0 Å². The number of hydrogen-bond acceptors (Lipinski definition) is 6. The van der Waals surface area contributed by atoms with Crippen molar-refractivity contribution in [2.24, 2.45) is 5.92 Å². The Morgan fingerprint density at radius 3 is 2.28 bits per heavy atom. The summed E-state index contributed by atoms with van der Waals surface area (Å²) in [6.45, 7) is 0.784. The number of esters is 1. The van der Waals surface area contributed by atoms with Crippen LogP contribution in [0.15, 0.2) is 65.6 Å². The SMILES string of the molecule is COC(=O)CNC(=O)[C@@H]1CN(Cc2ccccc2)C[C@H]1S(=O)(=O)c1ccccc1. The fourth-order valence-electron chi connectivity index (χ4n) is 3.54. The van der Waals surface area contributed by atoms with Gasteiger partial charge in [-0.1, -0.05) is 48.5 Å². The molecule has 0 bridgehead atoms. The van der Waals surface area contributed by atoms with Crippen LogP contribution >= 0.6 is 0 Å². The maximum Gasteiger partial charge on any atom is 0.325 e. The van der Waals surface area contributed by atoms with Crippen molar-refractivity contribution in [3.8, 4) is 0 Å². The molecule has 8 heteroatoms. The summed E-state index contributed by atoms with van der Waals surface area (Å²) >= 11 is 0. The number of sulfone groups is 1. The number of likely N-dealkylation sites (tertiary alicyclic amines) is 1. The molecule has 1 amide bonds. The molecule has 0 spiro atoms. The van der Waals surface area contributed by atoms with Gasteiger partial charge < -0.3 is 10.1 Å². The zero-order chi connectivity index (χ0) is 20.9. The van der Waals surface area contributed by atoms with Gasteiger partial charge in [0.1, 0.15) is 6.54 Å². The van der Waals surface area contributed by atoms with Crippen molar-refractivity contribution in [1.29, 1.82) is 0 Å². The third-order valence-corrected chi connectivity index (χ3v) is 7.24. The van der Waals surface area contributed by atoms with Gasteiger partial charge in [-0.15, -0.1) is 0 Å². The van der Waals surface area contributed by atoms with E-state index in [1.165, 1.54) is 7.11 Å². The minimum atomic E-state index is -3.72. The lowest BCUT2D eigenvalue weighted by Gasteiger charge is -2.18. The van der Waals surface area contributed by atoms with E-state index in [1.54, 1.807) is 30.3 Å². The van der Waals surface area contributed by atoms with Crippen molar-refractivity contribution in [1.82, 2.24) is 10.2 Å². The molecule has 2 atom stereocenters. The molecule has 1 heterocycles. The van der Waals surface area contributed by atoms with Crippen molar-refractivity contribution >= 4 is 21.7 Å². The van der Waals surface area contributed by atoms with Crippen LogP contribution in [-0.4, -0.2) is 57.2 Å². The zero-order valence-electron chi connectivity index (χ0n) is 16.2. The number of nitrogens with one attached hydrogen (secondary N) is 1. The summed E-state index contributed by atoms with van der Waals surface area (Å²) in [6.07, 6.45) is 0. The molecule has 1 saturated heterocycles. The molecule has 1 aliphatic rings. The molecule has 29 heavy (non-hydrogen) atoms. The maximum absolute atomic E-state index is 13.2. The van der Waals surface area contributed by atoms with Crippen LogP contribution in [0.5, 0.6) is 0 Å². The number of rotatable bonds is 7. The summed E-state index contributed by atoms with van der Waals surface area (Å²) in [5, 5.41) is 1.61. The van der Waals surface area contributed by atoms with Gasteiger partial charge in [-0.3, -0.25) is 14.5 Å². The first-order valence-corrected chi connectivity index (χ1v) is 10.9. The minimum Gasteiger partial charge on any atom is -0.468 e. The lowest BCUT2D eigenvalue weighted by Crippen LogP contribution is -2.42. The van der Waals surface area contributed by atoms with E-state index >= 15 is 0 Å². The molecule has 3 rings (SSSR count). The monoisotopic (exact) mass is 416 g/mol. The third kappa shape index (κ3) is 5.02. The number of nitrogens with zero attached hydrogens (tertiary/aromatic N) is 1. The Hall–Kier alpha value is -2.71. The Kier molecular flexibility index (Phi) is 6.66. The van der Waals surface area contributed by atoms with E-state index in [9.17, 15) is 18.0 Å². The molecule has 1 fully saturated rings. The van der Waals surface area contributed by atoms with Crippen LogP contribution in [0.3, 0.4) is 0 Å². The molecule has 2 aromatic carbocycles. The first-order chi connectivity index (χ1) is 13.9. The Morgan fingerprint density at radius 2 is 1.66 bits per heavy atom. The fraction of sp³-hybridized carbons (Fsp3) is 0.333. The van der Waals surface area contributed by atoms with Gasteiger partial charge in [0, 0.05) is 19.6 Å². The molecule has 0 aromatic heterocycles. The summed E-state index contributed by atoms with van der Waals surface area (Å²) in [5.74, 6) is -1.83. The quantitative estimate of drug-likeness (QED) is 0.683. The van der Waals surface area contributed by atoms with Crippen molar-refractivity contribution in [2.75, 3.05) is 26.7 Å². The van der Waals surface area contributed by atoms with Gasteiger partial charge in [0.2, 0.25) is 5.91 Å². The van der Waals surface area contributed by atoms with Crippen LogP contribution in [-0.2, 0) is 30.7 Å². The fourth-order valence-corrected chi connectivity index (χ4v) is 5.47. The number of benzene rings is 2. The van der Waals surface area contributed by atoms with Gasteiger partial charge in [-0.2, -0.15) is 0 Å². The Balaban J connectivity index is 1.83. The molecule has 0 saturated carbocycles. The average Bonchev–Trinajstić information content (AvgIpc) is 3.18. The lowest BCUT2D eigenvalue weighted by molar-refractivity contribution is -0.141. The highest BCUT2D eigenvalue weighted by atomic mass is 32.2. The van der Waals surface area contributed by atoms with E-state index < -0.39 is 32.9 Å². The van der Waals surface area contributed by atoms with Crippen LogP contribution in [0.25, 0.3) is 0 Å². The number of carbonyl (C=O) groups is 2. The van der Waals surface area contributed by atoms with Crippen LogP contribution < -0.4 is 5.32 Å². The van der Waals surface area contributed by atoms with E-state index in [1.807, 2.05) is 35.2 Å². The molecule has 0 radical (unpaired) electrons. The van der Waals surface area contributed by atoms with Crippen LogP contribution in [0.2, 0.25) is 0 Å². The van der Waals surface area contributed by atoms with E-state index in [4.69, 9.17) is 0 Å². The minimum absolute atomic E-state index is 0.192. The summed E-state index contributed by atoms with van der Waals surface area (Å²) in [4.78, 5) is 26.3. The Labute approximate surface area is 170 Å². The predicted octanol–water partition coefficient (Wildman–Crippen LogP) is 1.25. The number of ether oxygens (including phenoxy) is 1. The van der Waals surface area contributed by atoms with Gasteiger partial charge >= 0.3 is 5.97 Å². The van der Waals surface area contributed by atoms with Crippen molar-refractivity contribution in [3.05, 3.63) is 66.2 Å². The Morgan fingerprint density at radius 1 is 1.03 bits per heavy atom. The first kappa shape index (κ1) is 21.0. The summed E-state index contributed by atoms with van der Waals surface area (Å²) in [6, 6.07) is 17.8. The Bertz CT molecular complexity index is 948. The standard InChI is InChI=1S/C21H24N2O5S/c1-28-20(24)12-22-21(25)18-14-23(13-16-8-4-2-5-9-16)15-19(18)29(26,27)17-10-6-3-7-11-17/h2-11,18-19H,12-15H2,1H3,(H,22,25)/t18-,19-/m1/s1. The van der Waals surface area contributed by atoms with Crippen molar-refractivity contribution < 1.29 is 22.7 Å². The molecular formula is C21H24N2O5S. The first-order valence-electron chi connectivity index (χ1n) is 9.31. The number of carbonyl (C=O) groups excluding carboxylic acids is 2. The van der Waals surface area contributed by atoms with Crippen LogP contribution in [0.1, 0.15) is 5.56 Å². The second-order valence-corrected chi connectivity index (χ2v) is 9.14. The van der Waals surface area contributed by atoms with Gasteiger partial charge in [0.15, 0.2) is 9.84 Å². The molecule has 154 valence electrons. The highest BCUT2D eigenvalue weighted by Crippen LogP contribution is 2.29. The average molecular weight is 416 g/mol. The summed E-state index contributed by atoms with van der Waals surface area (Å²) < 4.78 is 31.0. The number of hydrogen-bond donors (Lipinski definition) is 1. The van der Waals surface area contributed by atoms with Crippen molar-refractivity contribution in [2.45, 2.75) is 16.7 Å². The topological polar surface area (TPSA) is 92.8 Å². The van der Waals surface area contributed by atoms with Gasteiger partial charge in [-0.25, -0.2) is 8.42 Å². The number of amides is 1. The molecule has 1 aliphatic heterocycles. The number of methoxy groups -OCH3 is 1. The smallest absolute Gasteiger partial charge is 0.325 e.